The summed E-state index contributed by atoms with van der Waals surface area (Å²) in [5.74, 6) is 1.23. The monoisotopic (exact) mass is 513 g/mol. The second kappa shape index (κ2) is 11.7. The van der Waals surface area contributed by atoms with E-state index in [0.717, 1.165) is 66.3 Å². The molecule has 8 nitrogen and oxygen atoms in total. The van der Waals surface area contributed by atoms with Crippen molar-refractivity contribution in [1.29, 1.82) is 0 Å². The number of benzene rings is 2. The molecule has 2 aromatic heterocycles. The zero-order valence-corrected chi connectivity index (χ0v) is 22.1. The molecular formula is C30H35N5O3. The minimum absolute atomic E-state index is 0.200. The van der Waals surface area contributed by atoms with E-state index in [4.69, 9.17) is 9.72 Å². The zero-order chi connectivity index (χ0) is 26.5. The molecule has 1 saturated heterocycles. The average molecular weight is 514 g/mol. The summed E-state index contributed by atoms with van der Waals surface area (Å²) < 4.78 is 6.85. The molecule has 5 rings (SSSR count). The van der Waals surface area contributed by atoms with Gasteiger partial charge in [-0.3, -0.25) is 4.57 Å². The number of H-pyrrole nitrogens is 1. The van der Waals surface area contributed by atoms with E-state index in [-0.39, 0.29) is 11.7 Å². The molecule has 0 radical (unpaired) electrons. The number of hydrogen-bond donors (Lipinski definition) is 2. The maximum Gasteiger partial charge on any atom is 0.338 e. The van der Waals surface area contributed by atoms with Gasteiger partial charge in [-0.15, -0.1) is 0 Å². The van der Waals surface area contributed by atoms with Crippen LogP contribution < -0.4 is 11.0 Å². The predicted octanol–water partition coefficient (Wildman–Crippen LogP) is 4.64. The summed E-state index contributed by atoms with van der Waals surface area (Å²) in [5.41, 5.74) is 5.59. The van der Waals surface area contributed by atoms with Gasteiger partial charge in [0.25, 0.3) is 0 Å². The Hall–Kier alpha value is -3.78. The van der Waals surface area contributed by atoms with Crippen molar-refractivity contribution in [2.45, 2.75) is 52.5 Å². The van der Waals surface area contributed by atoms with Crippen LogP contribution >= 0.6 is 0 Å². The summed E-state index contributed by atoms with van der Waals surface area (Å²) in [6.45, 7) is 6.84. The molecule has 38 heavy (non-hydrogen) atoms. The molecule has 0 saturated carbocycles. The van der Waals surface area contributed by atoms with E-state index in [0.29, 0.717) is 29.9 Å². The van der Waals surface area contributed by atoms with Gasteiger partial charge in [0.1, 0.15) is 11.3 Å². The fraction of sp³-hybridized carbons (Fsp3) is 0.400. The number of carbonyl (C=O) groups excluding carboxylic acids is 1. The van der Waals surface area contributed by atoms with E-state index in [2.05, 4.69) is 15.3 Å². The summed E-state index contributed by atoms with van der Waals surface area (Å²) >= 11 is 0. The molecule has 2 N–H and O–H groups in total. The molecule has 1 aliphatic heterocycles. The van der Waals surface area contributed by atoms with Gasteiger partial charge in [0.05, 0.1) is 24.9 Å². The molecule has 1 fully saturated rings. The third kappa shape index (κ3) is 5.70. The van der Waals surface area contributed by atoms with Crippen molar-refractivity contribution in [3.63, 3.8) is 0 Å². The number of nitrogens with zero attached hydrogens (tertiary/aromatic N) is 3. The molecule has 4 aromatic rings. The lowest BCUT2D eigenvalue weighted by atomic mass is 9.95. The minimum Gasteiger partial charge on any atom is -0.462 e. The van der Waals surface area contributed by atoms with E-state index in [1.165, 1.54) is 12.8 Å². The number of nitrogens with one attached hydrogen (secondary N) is 2. The highest BCUT2D eigenvalue weighted by Crippen LogP contribution is 2.27. The van der Waals surface area contributed by atoms with Gasteiger partial charge in [0, 0.05) is 6.42 Å². The number of rotatable bonds is 10. The molecule has 0 bridgehead atoms. The Bertz CT molecular complexity index is 1480. The van der Waals surface area contributed by atoms with Crippen molar-refractivity contribution in [2.75, 3.05) is 19.7 Å². The van der Waals surface area contributed by atoms with Gasteiger partial charge in [-0.05, 0) is 86.5 Å². The fourth-order valence-electron chi connectivity index (χ4n) is 5.29. The maximum absolute atomic E-state index is 12.9. The SMILES string of the molecule is CCOC(=O)c1cccc(-c2cccc(Cn3c(=O)[nH]c4cnc(CCCC[C@@H]5CCNC5)nc43)c2C)c1. The van der Waals surface area contributed by atoms with Crippen LogP contribution in [0.15, 0.2) is 53.5 Å². The first-order valence-corrected chi connectivity index (χ1v) is 13.5. The topological polar surface area (TPSA) is 102 Å². The van der Waals surface area contributed by atoms with Gasteiger partial charge in [-0.25, -0.2) is 19.6 Å². The normalized spacial score (nSPS) is 15.3. The predicted molar refractivity (Wildman–Crippen MR) is 148 cm³/mol. The second-order valence-corrected chi connectivity index (χ2v) is 10.0. The summed E-state index contributed by atoms with van der Waals surface area (Å²) in [5, 5.41) is 3.43. The summed E-state index contributed by atoms with van der Waals surface area (Å²) in [6, 6.07) is 13.5. The van der Waals surface area contributed by atoms with Crippen LogP contribution in [0.4, 0.5) is 0 Å². The Kier molecular flexibility index (Phi) is 7.98. The first-order valence-electron chi connectivity index (χ1n) is 13.5. The van der Waals surface area contributed by atoms with Gasteiger partial charge in [0.15, 0.2) is 5.65 Å². The maximum atomic E-state index is 12.9. The first kappa shape index (κ1) is 25.9. The summed E-state index contributed by atoms with van der Waals surface area (Å²) in [6.07, 6.45) is 7.25. The third-order valence-corrected chi connectivity index (χ3v) is 7.45. The number of ether oxygens (including phenoxy) is 1. The van der Waals surface area contributed by atoms with E-state index in [1.807, 2.05) is 43.3 Å². The van der Waals surface area contributed by atoms with Crippen LogP contribution in [0.5, 0.6) is 0 Å². The van der Waals surface area contributed by atoms with Crippen LogP contribution in [0, 0.1) is 12.8 Å². The zero-order valence-electron chi connectivity index (χ0n) is 22.1. The van der Waals surface area contributed by atoms with E-state index in [1.54, 1.807) is 23.8 Å². The lowest BCUT2D eigenvalue weighted by Gasteiger charge is -2.13. The van der Waals surface area contributed by atoms with Gasteiger partial charge >= 0.3 is 11.7 Å². The first-order chi connectivity index (χ1) is 18.5. The minimum atomic E-state index is -0.334. The van der Waals surface area contributed by atoms with Crippen molar-refractivity contribution in [3.05, 3.63) is 81.7 Å². The number of esters is 1. The molecule has 0 aliphatic carbocycles. The number of carbonyl (C=O) groups is 1. The lowest BCUT2D eigenvalue weighted by molar-refractivity contribution is 0.0526. The van der Waals surface area contributed by atoms with Crippen molar-refractivity contribution < 1.29 is 9.53 Å². The van der Waals surface area contributed by atoms with Gasteiger partial charge < -0.3 is 15.0 Å². The van der Waals surface area contributed by atoms with E-state index >= 15 is 0 Å². The van der Waals surface area contributed by atoms with Crippen LogP contribution in [-0.2, 0) is 17.7 Å². The highest BCUT2D eigenvalue weighted by Gasteiger charge is 2.16. The van der Waals surface area contributed by atoms with Gasteiger partial charge in [0.2, 0.25) is 0 Å². The van der Waals surface area contributed by atoms with Crippen LogP contribution in [0.2, 0.25) is 0 Å². The molecule has 2 aromatic carbocycles. The van der Waals surface area contributed by atoms with Crippen LogP contribution in [0.25, 0.3) is 22.3 Å². The molecule has 3 heterocycles. The van der Waals surface area contributed by atoms with Crippen LogP contribution in [0.3, 0.4) is 0 Å². The highest BCUT2D eigenvalue weighted by atomic mass is 16.5. The molecule has 8 heteroatoms. The smallest absolute Gasteiger partial charge is 0.338 e. The summed E-state index contributed by atoms with van der Waals surface area (Å²) in [7, 11) is 0. The Morgan fingerprint density at radius 3 is 2.87 bits per heavy atom. The van der Waals surface area contributed by atoms with Crippen molar-refractivity contribution in [2.24, 2.45) is 5.92 Å². The Morgan fingerprint density at radius 1 is 1.18 bits per heavy atom. The van der Waals surface area contributed by atoms with E-state index in [9.17, 15) is 9.59 Å². The molecule has 0 unspecified atom stereocenters. The van der Waals surface area contributed by atoms with Crippen molar-refractivity contribution >= 4 is 17.1 Å². The standard InChI is InChI=1S/C30H35N5O3/c1-3-38-29(36)23-10-6-9-22(16-23)25-12-7-11-24(20(25)2)19-35-28-26(33-30(35)37)18-32-27(34-28)13-5-4-8-21-14-15-31-17-21/h6-7,9-12,16,18,21,31H,3-5,8,13-15,17,19H2,1-2H3,(H,33,37)/t21-/m1/s1. The third-order valence-electron chi connectivity index (χ3n) is 7.45. The number of imidazole rings is 1. The number of aromatic nitrogens is 4. The van der Waals surface area contributed by atoms with Gasteiger partial charge in [-0.1, -0.05) is 36.8 Å². The van der Waals surface area contributed by atoms with Crippen LogP contribution in [0.1, 0.15) is 59.9 Å². The molecule has 198 valence electrons. The number of fused-ring (bicyclic) bond motifs is 1. The molecule has 0 amide bonds. The fourth-order valence-corrected chi connectivity index (χ4v) is 5.29. The number of hydrogen-bond acceptors (Lipinski definition) is 6. The molecule has 0 spiro atoms. The number of unbranched alkanes of at least 4 members (excludes halogenated alkanes) is 1. The van der Waals surface area contributed by atoms with Crippen molar-refractivity contribution in [1.82, 2.24) is 24.8 Å². The van der Waals surface area contributed by atoms with Crippen LogP contribution in [-0.4, -0.2) is 45.2 Å². The van der Waals surface area contributed by atoms with Crippen molar-refractivity contribution in [3.8, 4) is 11.1 Å². The number of aromatic amines is 1. The Balaban J connectivity index is 1.36. The van der Waals surface area contributed by atoms with E-state index < -0.39 is 0 Å². The quantitative estimate of drug-likeness (QED) is 0.237. The Morgan fingerprint density at radius 2 is 2.05 bits per heavy atom. The lowest BCUT2D eigenvalue weighted by Crippen LogP contribution is -2.18. The molecule has 1 aliphatic rings. The Labute approximate surface area is 222 Å². The van der Waals surface area contributed by atoms with Gasteiger partial charge in [-0.2, -0.15) is 0 Å². The molecule has 1 atom stereocenters. The number of aryl methyl sites for hydroxylation is 1. The largest absolute Gasteiger partial charge is 0.462 e. The second-order valence-electron chi connectivity index (χ2n) is 10.0. The molecular weight excluding hydrogens is 478 g/mol. The summed E-state index contributed by atoms with van der Waals surface area (Å²) in [4.78, 5) is 37.3. The average Bonchev–Trinajstić information content (AvgIpc) is 3.55. The highest BCUT2D eigenvalue weighted by molar-refractivity contribution is 5.91.